The van der Waals surface area contributed by atoms with Gasteiger partial charge in [-0.2, -0.15) is 0 Å². The number of likely N-dealkylation sites (N-methyl/N-ethyl adjacent to an activating group) is 1. The van der Waals surface area contributed by atoms with Crippen LogP contribution >= 0.6 is 15.9 Å². The number of nitrogens with zero attached hydrogens (tertiary/aromatic N) is 2. The molecule has 1 saturated carbocycles. The molecule has 2 rings (SSSR count). The van der Waals surface area contributed by atoms with Crippen molar-refractivity contribution in [1.29, 1.82) is 0 Å². The van der Waals surface area contributed by atoms with Gasteiger partial charge in [0, 0.05) is 16.4 Å². The van der Waals surface area contributed by atoms with Crippen molar-refractivity contribution in [2.45, 2.75) is 44.1 Å². The second kappa shape index (κ2) is 6.14. The molecule has 0 saturated heterocycles. The van der Waals surface area contributed by atoms with E-state index in [0.717, 1.165) is 35.8 Å². The molecule has 0 spiro atoms. The van der Waals surface area contributed by atoms with Crippen molar-refractivity contribution < 1.29 is 4.79 Å². The van der Waals surface area contributed by atoms with Crippen molar-refractivity contribution in [2.75, 3.05) is 14.1 Å². The monoisotopic (exact) mass is 324 g/mol. The quantitative estimate of drug-likeness (QED) is 0.852. The van der Waals surface area contributed by atoms with Crippen LogP contribution in [0.15, 0.2) is 22.8 Å². The fourth-order valence-electron chi connectivity index (χ4n) is 2.95. The summed E-state index contributed by atoms with van der Waals surface area (Å²) < 4.78 is 0.948. The van der Waals surface area contributed by atoms with E-state index >= 15 is 0 Å². The Labute approximate surface area is 123 Å². The average Bonchev–Trinajstić information content (AvgIpc) is 2.42. The highest BCUT2D eigenvalue weighted by atomic mass is 79.9. The summed E-state index contributed by atoms with van der Waals surface area (Å²) in [6.07, 6.45) is 7.71. The van der Waals surface area contributed by atoms with Gasteiger partial charge in [0.25, 0.3) is 0 Å². The van der Waals surface area contributed by atoms with E-state index in [0.29, 0.717) is 12.2 Å². The van der Waals surface area contributed by atoms with Crippen molar-refractivity contribution in [1.82, 2.24) is 9.88 Å². The Morgan fingerprint density at radius 1 is 1.32 bits per heavy atom. The summed E-state index contributed by atoms with van der Waals surface area (Å²) in [5.74, 6) is 0.312. The minimum Gasteiger partial charge on any atom is -0.297 e. The highest BCUT2D eigenvalue weighted by Crippen LogP contribution is 2.33. The Morgan fingerprint density at radius 2 is 2.00 bits per heavy atom. The molecule has 0 aliphatic heterocycles. The number of hydrogen-bond acceptors (Lipinski definition) is 3. The molecule has 0 bridgehead atoms. The Balaban J connectivity index is 2.14. The molecule has 1 aliphatic carbocycles. The minimum absolute atomic E-state index is 0.271. The first-order chi connectivity index (χ1) is 9.04. The molecule has 0 radical (unpaired) electrons. The normalized spacial score (nSPS) is 18.5. The number of halogens is 1. The number of hydrogen-bond donors (Lipinski definition) is 0. The molecule has 0 amide bonds. The van der Waals surface area contributed by atoms with E-state index < -0.39 is 0 Å². The second-order valence-electron chi connectivity index (χ2n) is 5.55. The zero-order valence-corrected chi connectivity index (χ0v) is 13.2. The van der Waals surface area contributed by atoms with Gasteiger partial charge in [-0.05, 0) is 55.0 Å². The number of carbonyl (C=O) groups excluding carboxylic acids is 1. The SMILES string of the molecule is CN(C)C1(C(=O)Cc2ccc(Br)cn2)CCCCC1. The van der Waals surface area contributed by atoms with Gasteiger partial charge in [-0.1, -0.05) is 19.3 Å². The van der Waals surface area contributed by atoms with Crippen LogP contribution in [-0.4, -0.2) is 35.3 Å². The highest BCUT2D eigenvalue weighted by Gasteiger charge is 2.40. The summed E-state index contributed by atoms with van der Waals surface area (Å²) in [6.45, 7) is 0. The van der Waals surface area contributed by atoms with E-state index in [-0.39, 0.29) is 5.54 Å². The Morgan fingerprint density at radius 3 is 2.53 bits per heavy atom. The lowest BCUT2D eigenvalue weighted by Gasteiger charge is -2.41. The van der Waals surface area contributed by atoms with E-state index in [4.69, 9.17) is 0 Å². The van der Waals surface area contributed by atoms with Crippen molar-refractivity contribution in [3.8, 4) is 0 Å². The predicted octanol–water partition coefficient (Wildman–Crippen LogP) is 3.22. The lowest BCUT2D eigenvalue weighted by molar-refractivity contribution is -0.131. The fraction of sp³-hybridized carbons (Fsp3) is 0.600. The smallest absolute Gasteiger partial charge is 0.158 e. The summed E-state index contributed by atoms with van der Waals surface area (Å²) in [6, 6.07) is 3.87. The van der Waals surface area contributed by atoms with Gasteiger partial charge in [0.2, 0.25) is 0 Å². The first-order valence-electron chi connectivity index (χ1n) is 6.86. The number of rotatable bonds is 4. The van der Waals surface area contributed by atoms with Crippen LogP contribution in [0.4, 0.5) is 0 Å². The van der Waals surface area contributed by atoms with Crippen LogP contribution in [0.2, 0.25) is 0 Å². The molecule has 0 N–H and O–H groups in total. The van der Waals surface area contributed by atoms with Gasteiger partial charge in [-0.25, -0.2) is 0 Å². The molecule has 3 nitrogen and oxygen atoms in total. The summed E-state index contributed by atoms with van der Waals surface area (Å²) in [5, 5.41) is 0. The third-order valence-electron chi connectivity index (χ3n) is 4.19. The van der Waals surface area contributed by atoms with Crippen LogP contribution in [0.1, 0.15) is 37.8 Å². The van der Waals surface area contributed by atoms with Gasteiger partial charge >= 0.3 is 0 Å². The number of ketones is 1. The maximum atomic E-state index is 12.7. The first-order valence-corrected chi connectivity index (χ1v) is 7.65. The maximum absolute atomic E-state index is 12.7. The van der Waals surface area contributed by atoms with E-state index in [2.05, 4.69) is 25.8 Å². The molecule has 1 aromatic rings. The van der Waals surface area contributed by atoms with E-state index in [9.17, 15) is 4.79 Å². The molecule has 104 valence electrons. The standard InChI is InChI=1S/C15H21BrN2O/c1-18(2)15(8-4-3-5-9-15)14(19)10-13-7-6-12(16)11-17-13/h6-7,11H,3-5,8-10H2,1-2H3. The summed E-state index contributed by atoms with van der Waals surface area (Å²) in [5.41, 5.74) is 0.590. The molecule has 0 unspecified atom stereocenters. The Kier molecular flexibility index (Phi) is 4.74. The van der Waals surface area contributed by atoms with E-state index in [1.54, 1.807) is 6.20 Å². The molecule has 1 fully saturated rings. The second-order valence-corrected chi connectivity index (χ2v) is 6.47. The van der Waals surface area contributed by atoms with Crippen molar-refractivity contribution in [3.63, 3.8) is 0 Å². The summed E-state index contributed by atoms with van der Waals surface area (Å²) in [7, 11) is 4.05. The zero-order valence-electron chi connectivity index (χ0n) is 11.7. The fourth-order valence-corrected chi connectivity index (χ4v) is 3.19. The molecule has 1 aliphatic rings. The summed E-state index contributed by atoms with van der Waals surface area (Å²) in [4.78, 5) is 19.2. The number of pyridine rings is 1. The number of carbonyl (C=O) groups is 1. The van der Waals surface area contributed by atoms with Gasteiger partial charge in [0.1, 0.15) is 0 Å². The van der Waals surface area contributed by atoms with Crippen LogP contribution < -0.4 is 0 Å². The van der Waals surface area contributed by atoms with Crippen molar-refractivity contribution in [2.24, 2.45) is 0 Å². The minimum atomic E-state index is -0.271. The van der Waals surface area contributed by atoms with Gasteiger partial charge in [-0.3, -0.25) is 14.7 Å². The first kappa shape index (κ1) is 14.7. The van der Waals surface area contributed by atoms with Crippen molar-refractivity contribution >= 4 is 21.7 Å². The predicted molar refractivity (Wildman–Crippen MR) is 80.2 cm³/mol. The van der Waals surface area contributed by atoms with Crippen LogP contribution in [-0.2, 0) is 11.2 Å². The lowest BCUT2D eigenvalue weighted by atomic mass is 9.76. The molecule has 0 atom stereocenters. The largest absolute Gasteiger partial charge is 0.297 e. The van der Waals surface area contributed by atoms with E-state index in [1.807, 2.05) is 26.2 Å². The molecule has 4 heteroatoms. The Hall–Kier alpha value is -0.740. The summed E-state index contributed by atoms with van der Waals surface area (Å²) >= 11 is 3.37. The van der Waals surface area contributed by atoms with Crippen LogP contribution in [0.3, 0.4) is 0 Å². The number of aromatic nitrogens is 1. The molecular weight excluding hydrogens is 304 g/mol. The zero-order chi connectivity index (χ0) is 13.9. The molecule has 19 heavy (non-hydrogen) atoms. The lowest BCUT2D eigenvalue weighted by Crippen LogP contribution is -2.53. The highest BCUT2D eigenvalue weighted by molar-refractivity contribution is 9.10. The third-order valence-corrected chi connectivity index (χ3v) is 4.66. The van der Waals surface area contributed by atoms with Crippen molar-refractivity contribution in [3.05, 3.63) is 28.5 Å². The molecule has 1 heterocycles. The van der Waals surface area contributed by atoms with Crippen LogP contribution in [0.25, 0.3) is 0 Å². The van der Waals surface area contributed by atoms with E-state index in [1.165, 1.54) is 6.42 Å². The Bertz CT molecular complexity index is 436. The number of Topliss-reactive ketones (excluding diaryl/α,β-unsaturated/α-hetero) is 1. The van der Waals surface area contributed by atoms with Gasteiger partial charge in [0.05, 0.1) is 12.0 Å². The molecule has 1 aromatic heterocycles. The van der Waals surface area contributed by atoms with Crippen LogP contribution in [0.5, 0.6) is 0 Å². The molecule has 0 aromatic carbocycles. The van der Waals surface area contributed by atoms with Crippen LogP contribution in [0, 0.1) is 0 Å². The molecular formula is C15H21BrN2O. The van der Waals surface area contributed by atoms with Gasteiger partial charge < -0.3 is 0 Å². The topological polar surface area (TPSA) is 33.2 Å². The average molecular weight is 325 g/mol. The maximum Gasteiger partial charge on any atom is 0.158 e. The third kappa shape index (κ3) is 3.23. The van der Waals surface area contributed by atoms with Gasteiger partial charge in [-0.15, -0.1) is 0 Å². The van der Waals surface area contributed by atoms with Gasteiger partial charge in [0.15, 0.2) is 5.78 Å².